The Morgan fingerprint density at radius 3 is 2.86 bits per heavy atom. The SMILES string of the molecule is CCCC(=O)Nc1noc(CCC)n1. The van der Waals surface area contributed by atoms with Crippen LogP contribution in [0.25, 0.3) is 0 Å². The molecule has 5 heteroatoms. The van der Waals surface area contributed by atoms with Crippen LogP contribution in [0, 0.1) is 0 Å². The highest BCUT2D eigenvalue weighted by Gasteiger charge is 2.07. The number of rotatable bonds is 5. The lowest BCUT2D eigenvalue weighted by Crippen LogP contribution is -2.11. The summed E-state index contributed by atoms with van der Waals surface area (Å²) < 4.78 is 4.91. The van der Waals surface area contributed by atoms with Gasteiger partial charge in [0.1, 0.15) is 0 Å². The Balaban J connectivity index is 2.46. The molecule has 1 heterocycles. The number of amides is 1. The molecule has 0 atom stereocenters. The van der Waals surface area contributed by atoms with Crippen LogP contribution in [0.15, 0.2) is 4.52 Å². The molecule has 0 spiro atoms. The smallest absolute Gasteiger partial charge is 0.270 e. The van der Waals surface area contributed by atoms with Crippen molar-refractivity contribution in [3.8, 4) is 0 Å². The zero-order chi connectivity index (χ0) is 10.4. The third-order valence-electron chi connectivity index (χ3n) is 1.66. The minimum Gasteiger partial charge on any atom is -0.337 e. The minimum absolute atomic E-state index is 0.0728. The lowest BCUT2D eigenvalue weighted by atomic mass is 10.3. The minimum atomic E-state index is -0.0728. The second kappa shape index (κ2) is 5.36. The van der Waals surface area contributed by atoms with Crippen LogP contribution in [0.4, 0.5) is 5.95 Å². The molecule has 0 aliphatic carbocycles. The maximum absolute atomic E-state index is 11.1. The molecular formula is C9H15N3O2. The van der Waals surface area contributed by atoms with Gasteiger partial charge in [0.25, 0.3) is 5.95 Å². The van der Waals surface area contributed by atoms with Crippen molar-refractivity contribution in [1.82, 2.24) is 10.1 Å². The summed E-state index contributed by atoms with van der Waals surface area (Å²) in [7, 11) is 0. The van der Waals surface area contributed by atoms with Crippen molar-refractivity contribution >= 4 is 11.9 Å². The van der Waals surface area contributed by atoms with Gasteiger partial charge in [-0.2, -0.15) is 4.98 Å². The topological polar surface area (TPSA) is 68.0 Å². The number of nitrogens with zero attached hydrogens (tertiary/aromatic N) is 2. The summed E-state index contributed by atoms with van der Waals surface area (Å²) >= 11 is 0. The van der Waals surface area contributed by atoms with E-state index in [0.717, 1.165) is 19.3 Å². The molecule has 78 valence electrons. The van der Waals surface area contributed by atoms with Gasteiger partial charge in [-0.05, 0) is 18.0 Å². The summed E-state index contributed by atoms with van der Waals surface area (Å²) in [6.45, 7) is 3.97. The van der Waals surface area contributed by atoms with Crippen molar-refractivity contribution in [2.45, 2.75) is 39.5 Å². The number of carbonyl (C=O) groups excluding carboxylic acids is 1. The molecule has 0 bridgehead atoms. The molecule has 0 fully saturated rings. The summed E-state index contributed by atoms with van der Waals surface area (Å²) in [5.74, 6) is 0.766. The zero-order valence-corrected chi connectivity index (χ0v) is 8.54. The van der Waals surface area contributed by atoms with Gasteiger partial charge in [0.15, 0.2) is 0 Å². The van der Waals surface area contributed by atoms with Gasteiger partial charge < -0.3 is 4.52 Å². The fraction of sp³-hybridized carbons (Fsp3) is 0.667. The standard InChI is InChI=1S/C9H15N3O2/c1-3-5-7(13)10-9-11-8(6-4-2)14-12-9/h3-6H2,1-2H3,(H,10,12,13). The number of nitrogens with one attached hydrogen (secondary N) is 1. The van der Waals surface area contributed by atoms with Gasteiger partial charge in [-0.1, -0.05) is 13.8 Å². The summed E-state index contributed by atoms with van der Waals surface area (Å²) in [6, 6.07) is 0. The molecule has 14 heavy (non-hydrogen) atoms. The number of hydrogen-bond donors (Lipinski definition) is 1. The van der Waals surface area contributed by atoms with E-state index in [2.05, 4.69) is 15.5 Å². The molecule has 0 aromatic carbocycles. The Kier molecular flexibility index (Phi) is 4.10. The Morgan fingerprint density at radius 2 is 2.21 bits per heavy atom. The van der Waals surface area contributed by atoms with Crippen LogP contribution in [-0.4, -0.2) is 16.0 Å². The monoisotopic (exact) mass is 197 g/mol. The normalized spacial score (nSPS) is 10.1. The highest BCUT2D eigenvalue weighted by atomic mass is 16.5. The van der Waals surface area contributed by atoms with Crippen LogP contribution in [0.3, 0.4) is 0 Å². The summed E-state index contributed by atoms with van der Waals surface area (Å²) in [5, 5.41) is 6.21. The van der Waals surface area contributed by atoms with Crippen LogP contribution >= 0.6 is 0 Å². The van der Waals surface area contributed by atoms with E-state index >= 15 is 0 Å². The number of hydrogen-bond acceptors (Lipinski definition) is 4. The molecule has 0 aliphatic heterocycles. The third kappa shape index (κ3) is 3.16. The summed E-state index contributed by atoms with van der Waals surface area (Å²) in [4.78, 5) is 15.2. The fourth-order valence-electron chi connectivity index (χ4n) is 1.04. The first-order valence-corrected chi connectivity index (χ1v) is 4.88. The quantitative estimate of drug-likeness (QED) is 0.780. The van der Waals surface area contributed by atoms with Crippen LogP contribution in [0.1, 0.15) is 39.0 Å². The van der Waals surface area contributed by atoms with Gasteiger partial charge >= 0.3 is 0 Å². The van der Waals surface area contributed by atoms with Crippen molar-refractivity contribution in [1.29, 1.82) is 0 Å². The molecule has 0 radical (unpaired) electrons. The molecular weight excluding hydrogens is 182 g/mol. The molecule has 1 rings (SSSR count). The van der Waals surface area contributed by atoms with Crippen molar-refractivity contribution in [2.75, 3.05) is 5.32 Å². The Hall–Kier alpha value is -1.39. The van der Waals surface area contributed by atoms with E-state index in [1.807, 2.05) is 13.8 Å². The summed E-state index contributed by atoms with van der Waals surface area (Å²) in [6.07, 6.45) is 2.99. The molecule has 1 N–H and O–H groups in total. The highest BCUT2D eigenvalue weighted by molar-refractivity contribution is 5.88. The van der Waals surface area contributed by atoms with Crippen LogP contribution in [0.5, 0.6) is 0 Å². The first-order chi connectivity index (χ1) is 6.76. The number of aryl methyl sites for hydroxylation is 1. The molecule has 1 amide bonds. The Morgan fingerprint density at radius 1 is 1.43 bits per heavy atom. The molecule has 1 aromatic heterocycles. The maximum Gasteiger partial charge on any atom is 0.270 e. The molecule has 0 unspecified atom stereocenters. The number of carbonyl (C=O) groups is 1. The van der Waals surface area contributed by atoms with E-state index < -0.39 is 0 Å². The average Bonchev–Trinajstić information content (AvgIpc) is 2.53. The van der Waals surface area contributed by atoms with E-state index in [1.165, 1.54) is 0 Å². The molecule has 1 aromatic rings. The maximum atomic E-state index is 11.1. The molecule has 0 saturated carbocycles. The van der Waals surface area contributed by atoms with Gasteiger partial charge in [-0.3, -0.25) is 10.1 Å². The Labute approximate surface area is 82.9 Å². The predicted molar refractivity (Wildman–Crippen MR) is 51.8 cm³/mol. The highest BCUT2D eigenvalue weighted by Crippen LogP contribution is 2.05. The van der Waals surface area contributed by atoms with E-state index in [0.29, 0.717) is 12.3 Å². The van der Waals surface area contributed by atoms with Gasteiger partial charge in [-0.25, -0.2) is 0 Å². The first kappa shape index (κ1) is 10.7. The van der Waals surface area contributed by atoms with E-state index in [-0.39, 0.29) is 11.9 Å². The largest absolute Gasteiger partial charge is 0.337 e. The lowest BCUT2D eigenvalue weighted by Gasteiger charge is -1.95. The van der Waals surface area contributed by atoms with Gasteiger partial charge in [0, 0.05) is 12.8 Å². The zero-order valence-electron chi connectivity index (χ0n) is 8.54. The predicted octanol–water partition coefficient (Wildman–Crippen LogP) is 1.76. The van der Waals surface area contributed by atoms with Gasteiger partial charge in [0.05, 0.1) is 0 Å². The van der Waals surface area contributed by atoms with Crippen molar-refractivity contribution in [3.05, 3.63) is 5.89 Å². The van der Waals surface area contributed by atoms with Gasteiger partial charge in [-0.15, -0.1) is 0 Å². The van der Waals surface area contributed by atoms with Crippen molar-refractivity contribution < 1.29 is 9.32 Å². The number of aromatic nitrogens is 2. The number of anilines is 1. The van der Waals surface area contributed by atoms with Crippen molar-refractivity contribution in [2.24, 2.45) is 0 Å². The van der Waals surface area contributed by atoms with E-state index in [1.54, 1.807) is 0 Å². The Bertz CT molecular complexity index is 296. The fourth-order valence-corrected chi connectivity index (χ4v) is 1.04. The second-order valence-electron chi connectivity index (χ2n) is 3.06. The summed E-state index contributed by atoms with van der Waals surface area (Å²) in [5.41, 5.74) is 0. The molecule has 5 nitrogen and oxygen atoms in total. The van der Waals surface area contributed by atoms with E-state index in [4.69, 9.17) is 4.52 Å². The van der Waals surface area contributed by atoms with E-state index in [9.17, 15) is 4.79 Å². The third-order valence-corrected chi connectivity index (χ3v) is 1.66. The van der Waals surface area contributed by atoms with Crippen molar-refractivity contribution in [3.63, 3.8) is 0 Å². The van der Waals surface area contributed by atoms with Crippen LogP contribution in [0.2, 0.25) is 0 Å². The lowest BCUT2D eigenvalue weighted by molar-refractivity contribution is -0.116. The molecule has 0 saturated heterocycles. The van der Waals surface area contributed by atoms with Crippen LogP contribution < -0.4 is 5.32 Å². The molecule has 0 aliphatic rings. The second-order valence-corrected chi connectivity index (χ2v) is 3.06. The first-order valence-electron chi connectivity index (χ1n) is 4.88. The average molecular weight is 197 g/mol. The van der Waals surface area contributed by atoms with Gasteiger partial charge in [0.2, 0.25) is 11.8 Å². The van der Waals surface area contributed by atoms with Crippen LogP contribution in [-0.2, 0) is 11.2 Å².